The van der Waals surface area contributed by atoms with Gasteiger partial charge >= 0.3 is 11.9 Å². The van der Waals surface area contributed by atoms with Crippen molar-refractivity contribution in [2.24, 2.45) is 5.92 Å². The van der Waals surface area contributed by atoms with Crippen molar-refractivity contribution in [2.75, 3.05) is 11.5 Å². The lowest BCUT2D eigenvalue weighted by Crippen LogP contribution is -2.20. The maximum atomic E-state index is 11.5. The van der Waals surface area contributed by atoms with Gasteiger partial charge in [0.2, 0.25) is 0 Å². The molecule has 0 aromatic carbocycles. The SMILES string of the molecule is CCCCS(=O)(=O)CCC(CCC(=O)O)C(=O)O. The Morgan fingerprint density at radius 3 is 2.17 bits per heavy atom. The fourth-order valence-corrected chi connectivity index (χ4v) is 3.05. The summed E-state index contributed by atoms with van der Waals surface area (Å²) in [4.78, 5) is 21.2. The molecular formula is C11H20O6S. The van der Waals surface area contributed by atoms with Gasteiger partial charge in [0.15, 0.2) is 0 Å². The summed E-state index contributed by atoms with van der Waals surface area (Å²) in [5.74, 6) is -3.24. The number of aliphatic carboxylic acids is 2. The minimum atomic E-state index is -3.22. The highest BCUT2D eigenvalue weighted by Gasteiger charge is 2.21. The number of carbonyl (C=O) groups is 2. The zero-order chi connectivity index (χ0) is 14.2. The van der Waals surface area contributed by atoms with Crippen LogP contribution in [0.3, 0.4) is 0 Å². The van der Waals surface area contributed by atoms with Crippen LogP contribution in [0.5, 0.6) is 0 Å². The van der Waals surface area contributed by atoms with Crippen LogP contribution >= 0.6 is 0 Å². The van der Waals surface area contributed by atoms with E-state index in [1.807, 2.05) is 6.92 Å². The van der Waals surface area contributed by atoms with Gasteiger partial charge in [-0.15, -0.1) is 0 Å². The van der Waals surface area contributed by atoms with E-state index in [-0.39, 0.29) is 30.8 Å². The highest BCUT2D eigenvalue weighted by Crippen LogP contribution is 2.14. The third kappa shape index (κ3) is 8.05. The first-order chi connectivity index (χ1) is 8.28. The molecule has 7 heteroatoms. The molecule has 0 rings (SSSR count). The van der Waals surface area contributed by atoms with Gasteiger partial charge < -0.3 is 10.2 Å². The average Bonchev–Trinajstić information content (AvgIpc) is 2.25. The number of hydrogen-bond acceptors (Lipinski definition) is 4. The molecule has 0 saturated heterocycles. The van der Waals surface area contributed by atoms with Crippen molar-refractivity contribution < 1.29 is 28.2 Å². The second kappa shape index (κ2) is 8.07. The number of rotatable bonds is 10. The summed E-state index contributed by atoms with van der Waals surface area (Å²) in [5, 5.41) is 17.3. The summed E-state index contributed by atoms with van der Waals surface area (Å²) in [6, 6.07) is 0. The third-order valence-corrected chi connectivity index (χ3v) is 4.41. The Morgan fingerprint density at radius 1 is 1.11 bits per heavy atom. The van der Waals surface area contributed by atoms with Crippen LogP contribution in [0.2, 0.25) is 0 Å². The fraction of sp³-hybridized carbons (Fsp3) is 0.818. The van der Waals surface area contributed by atoms with E-state index in [9.17, 15) is 18.0 Å². The quantitative estimate of drug-likeness (QED) is 0.621. The molecule has 0 radical (unpaired) electrons. The van der Waals surface area contributed by atoms with E-state index in [1.54, 1.807) is 0 Å². The predicted molar refractivity (Wildman–Crippen MR) is 66.2 cm³/mol. The van der Waals surface area contributed by atoms with Crippen LogP contribution in [-0.2, 0) is 19.4 Å². The Morgan fingerprint density at radius 2 is 1.72 bits per heavy atom. The van der Waals surface area contributed by atoms with Gasteiger partial charge in [-0.2, -0.15) is 0 Å². The summed E-state index contributed by atoms with van der Waals surface area (Å²) in [5.41, 5.74) is 0. The van der Waals surface area contributed by atoms with Crippen LogP contribution in [0.4, 0.5) is 0 Å². The molecule has 0 aliphatic carbocycles. The van der Waals surface area contributed by atoms with Crippen molar-refractivity contribution in [3.63, 3.8) is 0 Å². The number of unbranched alkanes of at least 4 members (excludes halogenated alkanes) is 1. The van der Waals surface area contributed by atoms with Gasteiger partial charge in [-0.1, -0.05) is 13.3 Å². The third-order valence-electron chi connectivity index (χ3n) is 2.64. The maximum Gasteiger partial charge on any atom is 0.306 e. The number of carboxylic acid groups (broad SMARTS) is 2. The molecule has 1 unspecified atom stereocenters. The van der Waals surface area contributed by atoms with E-state index < -0.39 is 27.7 Å². The van der Waals surface area contributed by atoms with E-state index >= 15 is 0 Å². The molecule has 1 atom stereocenters. The van der Waals surface area contributed by atoms with Gasteiger partial charge in [-0.25, -0.2) is 8.42 Å². The molecule has 0 fully saturated rings. The number of sulfone groups is 1. The van der Waals surface area contributed by atoms with Gasteiger partial charge in [-0.05, 0) is 19.3 Å². The Kier molecular flexibility index (Phi) is 7.58. The second-order valence-electron chi connectivity index (χ2n) is 4.26. The standard InChI is InChI=1S/C11H20O6S/c1-2-3-7-18(16,17)8-6-9(11(14)15)4-5-10(12)13/h9H,2-8H2,1H3,(H,12,13)(H,14,15). The Bertz CT molecular complexity index is 373. The van der Waals surface area contributed by atoms with Crippen molar-refractivity contribution in [3.8, 4) is 0 Å². The Balaban J connectivity index is 4.26. The predicted octanol–water partition coefficient (Wildman–Crippen LogP) is 1.16. The van der Waals surface area contributed by atoms with Crippen molar-refractivity contribution in [2.45, 2.75) is 39.0 Å². The van der Waals surface area contributed by atoms with Crippen LogP contribution in [0.15, 0.2) is 0 Å². The molecule has 0 aromatic heterocycles. The second-order valence-corrected chi connectivity index (χ2v) is 6.57. The molecule has 0 amide bonds. The minimum absolute atomic E-state index is 0.0192. The molecule has 0 heterocycles. The summed E-state index contributed by atoms with van der Waals surface area (Å²) in [6.45, 7) is 1.88. The highest BCUT2D eigenvalue weighted by molar-refractivity contribution is 7.91. The van der Waals surface area contributed by atoms with Gasteiger partial charge in [0.25, 0.3) is 0 Å². The van der Waals surface area contributed by atoms with Crippen LogP contribution in [0, 0.1) is 5.92 Å². The first-order valence-corrected chi connectivity index (χ1v) is 7.75. The lowest BCUT2D eigenvalue weighted by Gasteiger charge is -2.11. The van der Waals surface area contributed by atoms with Crippen molar-refractivity contribution >= 4 is 21.8 Å². The Hall–Kier alpha value is -1.11. The lowest BCUT2D eigenvalue weighted by atomic mass is 10.0. The first-order valence-electron chi connectivity index (χ1n) is 5.93. The Labute approximate surface area is 107 Å². The van der Waals surface area contributed by atoms with Crippen molar-refractivity contribution in [1.29, 1.82) is 0 Å². The molecule has 0 spiro atoms. The van der Waals surface area contributed by atoms with E-state index in [2.05, 4.69) is 0 Å². The molecule has 18 heavy (non-hydrogen) atoms. The van der Waals surface area contributed by atoms with Crippen LogP contribution in [0.25, 0.3) is 0 Å². The minimum Gasteiger partial charge on any atom is -0.481 e. The monoisotopic (exact) mass is 280 g/mol. The molecule has 106 valence electrons. The molecule has 2 N–H and O–H groups in total. The first kappa shape index (κ1) is 16.9. The normalized spacial score (nSPS) is 13.2. The van der Waals surface area contributed by atoms with Gasteiger partial charge in [0, 0.05) is 6.42 Å². The summed E-state index contributed by atoms with van der Waals surface area (Å²) >= 11 is 0. The van der Waals surface area contributed by atoms with Crippen LogP contribution < -0.4 is 0 Å². The smallest absolute Gasteiger partial charge is 0.306 e. The summed E-state index contributed by atoms with van der Waals surface area (Å²) in [7, 11) is -3.22. The van der Waals surface area contributed by atoms with E-state index in [1.165, 1.54) is 0 Å². The highest BCUT2D eigenvalue weighted by atomic mass is 32.2. The van der Waals surface area contributed by atoms with Crippen LogP contribution in [0.1, 0.15) is 39.0 Å². The van der Waals surface area contributed by atoms with Gasteiger partial charge in [0.1, 0.15) is 9.84 Å². The molecule has 0 aliphatic rings. The summed E-state index contributed by atoms with van der Waals surface area (Å²) < 4.78 is 23.1. The topological polar surface area (TPSA) is 109 Å². The largest absolute Gasteiger partial charge is 0.481 e. The fourth-order valence-electron chi connectivity index (χ4n) is 1.48. The number of hydrogen-bond donors (Lipinski definition) is 2. The average molecular weight is 280 g/mol. The van der Waals surface area contributed by atoms with E-state index in [0.29, 0.717) is 6.42 Å². The zero-order valence-electron chi connectivity index (χ0n) is 10.5. The van der Waals surface area contributed by atoms with Crippen LogP contribution in [-0.4, -0.2) is 42.1 Å². The molecule has 0 aliphatic heterocycles. The van der Waals surface area contributed by atoms with E-state index in [4.69, 9.17) is 10.2 Å². The summed E-state index contributed by atoms with van der Waals surface area (Å²) in [6.07, 6.45) is 1.02. The zero-order valence-corrected chi connectivity index (χ0v) is 11.3. The molecule has 0 bridgehead atoms. The molecule has 0 saturated carbocycles. The molecule has 0 aromatic rings. The van der Waals surface area contributed by atoms with Gasteiger partial charge in [-0.3, -0.25) is 9.59 Å². The number of carboxylic acids is 2. The molecule has 6 nitrogen and oxygen atoms in total. The van der Waals surface area contributed by atoms with Crippen molar-refractivity contribution in [1.82, 2.24) is 0 Å². The van der Waals surface area contributed by atoms with E-state index in [0.717, 1.165) is 6.42 Å². The maximum absolute atomic E-state index is 11.5. The van der Waals surface area contributed by atoms with Gasteiger partial charge in [0.05, 0.1) is 17.4 Å². The lowest BCUT2D eigenvalue weighted by molar-refractivity contribution is -0.143. The molecular weight excluding hydrogens is 260 g/mol. The van der Waals surface area contributed by atoms with Crippen molar-refractivity contribution in [3.05, 3.63) is 0 Å².